The van der Waals surface area contributed by atoms with Gasteiger partial charge in [-0.25, -0.2) is 4.98 Å². The third-order valence-corrected chi connectivity index (χ3v) is 6.34. The maximum Gasteiger partial charge on any atom is 0.297 e. The van der Waals surface area contributed by atoms with Crippen LogP contribution in [-0.2, 0) is 0 Å². The first-order valence-electron chi connectivity index (χ1n) is 10.1. The van der Waals surface area contributed by atoms with Gasteiger partial charge in [-0.2, -0.15) is 0 Å². The van der Waals surface area contributed by atoms with Crippen molar-refractivity contribution in [3.05, 3.63) is 98.9 Å². The number of carbonyl (C=O) groups excluding carboxylic acids is 1. The highest BCUT2D eigenvalue weighted by molar-refractivity contribution is 7.14. The molecule has 0 bridgehead atoms. The molecule has 0 unspecified atom stereocenters. The molecule has 7 heteroatoms. The molecular formula is C25H20N2O4S. The van der Waals surface area contributed by atoms with Gasteiger partial charge in [0, 0.05) is 5.38 Å². The second-order valence-electron chi connectivity index (χ2n) is 7.69. The number of benzene rings is 2. The molecule has 0 aliphatic carbocycles. The van der Waals surface area contributed by atoms with Crippen molar-refractivity contribution in [2.45, 2.75) is 19.9 Å². The SMILES string of the molecule is C=CCOc1cccc([C@H]2c3c(oc4ccc(C)cc4c3=O)C(=O)N2c2nc(C)cs2)c1. The molecule has 2 aromatic carbocycles. The number of rotatable bonds is 5. The molecule has 32 heavy (non-hydrogen) atoms. The van der Waals surface area contributed by atoms with Crippen LogP contribution in [0.5, 0.6) is 5.75 Å². The molecule has 3 heterocycles. The second-order valence-corrected chi connectivity index (χ2v) is 8.53. The van der Waals surface area contributed by atoms with Crippen LogP contribution in [0.2, 0.25) is 0 Å². The van der Waals surface area contributed by atoms with Crippen molar-refractivity contribution in [3.63, 3.8) is 0 Å². The molecule has 0 N–H and O–H groups in total. The van der Waals surface area contributed by atoms with Crippen LogP contribution in [0.15, 0.2) is 69.7 Å². The fourth-order valence-corrected chi connectivity index (χ4v) is 4.81. The second kappa shape index (κ2) is 7.76. The highest BCUT2D eigenvalue weighted by Crippen LogP contribution is 2.42. The molecule has 160 valence electrons. The Hall–Kier alpha value is -3.71. The third kappa shape index (κ3) is 3.22. The predicted molar refractivity (Wildman–Crippen MR) is 125 cm³/mol. The van der Waals surface area contributed by atoms with E-state index in [0.29, 0.717) is 34.0 Å². The van der Waals surface area contributed by atoms with Crippen molar-refractivity contribution >= 4 is 33.3 Å². The van der Waals surface area contributed by atoms with Crippen LogP contribution in [0.4, 0.5) is 5.13 Å². The highest BCUT2D eigenvalue weighted by atomic mass is 32.1. The first kappa shape index (κ1) is 20.2. The lowest BCUT2D eigenvalue weighted by Gasteiger charge is -2.23. The largest absolute Gasteiger partial charge is 0.490 e. The average molecular weight is 445 g/mol. The zero-order valence-corrected chi connectivity index (χ0v) is 18.4. The van der Waals surface area contributed by atoms with E-state index in [9.17, 15) is 9.59 Å². The molecule has 2 aromatic heterocycles. The Kier molecular flexibility index (Phi) is 4.90. The lowest BCUT2D eigenvalue weighted by molar-refractivity contribution is 0.0971. The quantitative estimate of drug-likeness (QED) is 0.397. The molecule has 1 aliphatic rings. The van der Waals surface area contributed by atoms with Crippen molar-refractivity contribution in [1.29, 1.82) is 0 Å². The maximum absolute atomic E-state index is 13.6. The van der Waals surface area contributed by atoms with E-state index in [1.54, 1.807) is 23.1 Å². The molecule has 0 saturated carbocycles. The van der Waals surface area contributed by atoms with Gasteiger partial charge in [-0.3, -0.25) is 14.5 Å². The molecule has 0 fully saturated rings. The standard InChI is InChI=1S/C25H20N2O4S/c1-4-10-30-17-7-5-6-16(12-17)21-20-22(28)18-11-14(2)8-9-19(18)31-23(20)24(29)27(21)25-26-15(3)13-32-25/h4-9,11-13,21H,1,10H2,2-3H3/t21-/m0/s1. The Morgan fingerprint density at radius 3 is 2.81 bits per heavy atom. The fraction of sp³-hybridized carbons (Fsp3) is 0.160. The summed E-state index contributed by atoms with van der Waals surface area (Å²) in [5.41, 5.74) is 2.99. The summed E-state index contributed by atoms with van der Waals surface area (Å²) in [5, 5.41) is 2.85. The van der Waals surface area contributed by atoms with Gasteiger partial charge in [0.1, 0.15) is 17.9 Å². The van der Waals surface area contributed by atoms with Crippen molar-refractivity contribution in [3.8, 4) is 5.75 Å². The van der Waals surface area contributed by atoms with Crippen molar-refractivity contribution < 1.29 is 13.9 Å². The van der Waals surface area contributed by atoms with E-state index >= 15 is 0 Å². The van der Waals surface area contributed by atoms with E-state index in [2.05, 4.69) is 11.6 Å². The van der Waals surface area contributed by atoms with Gasteiger partial charge in [-0.1, -0.05) is 36.4 Å². The molecule has 0 spiro atoms. The normalized spacial score (nSPS) is 15.2. The Labute approximate surface area is 188 Å². The Morgan fingerprint density at radius 2 is 2.06 bits per heavy atom. The average Bonchev–Trinajstić information content (AvgIpc) is 3.34. The summed E-state index contributed by atoms with van der Waals surface area (Å²) in [6.45, 7) is 7.82. The number of aryl methyl sites for hydroxylation is 2. The first-order chi connectivity index (χ1) is 15.5. The van der Waals surface area contributed by atoms with Crippen LogP contribution in [0.25, 0.3) is 11.0 Å². The van der Waals surface area contributed by atoms with E-state index in [4.69, 9.17) is 9.15 Å². The summed E-state index contributed by atoms with van der Waals surface area (Å²) >= 11 is 1.36. The van der Waals surface area contributed by atoms with Crippen LogP contribution in [0.3, 0.4) is 0 Å². The van der Waals surface area contributed by atoms with Crippen molar-refractivity contribution in [2.75, 3.05) is 11.5 Å². The number of thiazole rings is 1. The molecule has 1 amide bonds. The molecule has 0 saturated heterocycles. The van der Waals surface area contributed by atoms with Gasteiger partial charge in [0.05, 0.1) is 22.7 Å². The summed E-state index contributed by atoms with van der Waals surface area (Å²) in [6.07, 6.45) is 1.66. The lowest BCUT2D eigenvalue weighted by Crippen LogP contribution is -2.29. The van der Waals surface area contributed by atoms with E-state index < -0.39 is 6.04 Å². The third-order valence-electron chi connectivity index (χ3n) is 5.38. The number of aromatic nitrogens is 1. The minimum atomic E-state index is -0.670. The highest BCUT2D eigenvalue weighted by Gasteiger charge is 2.45. The van der Waals surface area contributed by atoms with Crippen molar-refractivity contribution in [2.24, 2.45) is 0 Å². The van der Waals surface area contributed by atoms with Crippen LogP contribution in [-0.4, -0.2) is 17.5 Å². The van der Waals surface area contributed by atoms with E-state index in [1.165, 1.54) is 11.3 Å². The Morgan fingerprint density at radius 1 is 1.22 bits per heavy atom. The summed E-state index contributed by atoms with van der Waals surface area (Å²) in [7, 11) is 0. The number of amides is 1. The van der Waals surface area contributed by atoms with E-state index in [-0.39, 0.29) is 17.1 Å². The van der Waals surface area contributed by atoms with Gasteiger partial charge in [0.15, 0.2) is 10.6 Å². The number of hydrogen-bond acceptors (Lipinski definition) is 6. The van der Waals surface area contributed by atoms with E-state index in [0.717, 1.165) is 16.8 Å². The Bertz CT molecular complexity index is 1440. The smallest absolute Gasteiger partial charge is 0.297 e. The van der Waals surface area contributed by atoms with Gasteiger partial charge in [0.2, 0.25) is 5.76 Å². The number of anilines is 1. The van der Waals surface area contributed by atoms with Gasteiger partial charge in [-0.15, -0.1) is 11.3 Å². The fourth-order valence-electron chi connectivity index (χ4n) is 3.98. The number of carbonyl (C=O) groups is 1. The zero-order chi connectivity index (χ0) is 22.4. The maximum atomic E-state index is 13.6. The number of hydrogen-bond donors (Lipinski definition) is 0. The summed E-state index contributed by atoms with van der Waals surface area (Å²) in [4.78, 5) is 33.2. The summed E-state index contributed by atoms with van der Waals surface area (Å²) in [5.74, 6) is 0.303. The minimum absolute atomic E-state index is 0.0571. The van der Waals surface area contributed by atoms with Gasteiger partial charge < -0.3 is 9.15 Å². The number of nitrogens with zero attached hydrogens (tertiary/aromatic N) is 2. The molecule has 5 rings (SSSR count). The van der Waals surface area contributed by atoms with Crippen LogP contribution in [0, 0.1) is 13.8 Å². The first-order valence-corrected chi connectivity index (χ1v) is 11.0. The minimum Gasteiger partial charge on any atom is -0.490 e. The lowest BCUT2D eigenvalue weighted by atomic mass is 9.98. The van der Waals surface area contributed by atoms with Crippen LogP contribution < -0.4 is 15.1 Å². The molecular weight excluding hydrogens is 424 g/mol. The van der Waals surface area contributed by atoms with Crippen molar-refractivity contribution in [1.82, 2.24) is 4.98 Å². The number of ether oxygens (including phenoxy) is 1. The van der Waals surface area contributed by atoms with Crippen LogP contribution >= 0.6 is 11.3 Å². The molecule has 1 aliphatic heterocycles. The van der Waals surface area contributed by atoms with Crippen LogP contribution in [0.1, 0.15) is 39.0 Å². The van der Waals surface area contributed by atoms with Gasteiger partial charge in [-0.05, 0) is 43.7 Å². The monoisotopic (exact) mass is 444 g/mol. The van der Waals surface area contributed by atoms with Gasteiger partial charge >= 0.3 is 0 Å². The predicted octanol–water partition coefficient (Wildman–Crippen LogP) is 5.18. The Balaban J connectivity index is 1.77. The molecule has 6 nitrogen and oxygen atoms in total. The molecule has 4 aromatic rings. The summed E-state index contributed by atoms with van der Waals surface area (Å²) < 4.78 is 11.7. The molecule has 1 atom stereocenters. The summed E-state index contributed by atoms with van der Waals surface area (Å²) in [6, 6.07) is 12.1. The number of fused-ring (bicyclic) bond motifs is 2. The molecule has 0 radical (unpaired) electrons. The zero-order valence-electron chi connectivity index (χ0n) is 17.6. The van der Waals surface area contributed by atoms with Gasteiger partial charge in [0.25, 0.3) is 5.91 Å². The van der Waals surface area contributed by atoms with E-state index in [1.807, 2.05) is 49.6 Å². The topological polar surface area (TPSA) is 72.6 Å².